The summed E-state index contributed by atoms with van der Waals surface area (Å²) in [7, 11) is 0. The van der Waals surface area contributed by atoms with Crippen molar-refractivity contribution < 1.29 is 9.89 Å². The highest BCUT2D eigenvalue weighted by Gasteiger charge is 2.05. The molecule has 0 radical (unpaired) electrons. The third-order valence-corrected chi connectivity index (χ3v) is 1.94. The average Bonchev–Trinajstić information content (AvgIpc) is 2.50. The van der Waals surface area contributed by atoms with Crippen LogP contribution < -0.4 is 5.32 Å². The van der Waals surface area contributed by atoms with Gasteiger partial charge < -0.3 is 0 Å². The molecule has 11 heavy (non-hydrogen) atoms. The van der Waals surface area contributed by atoms with Crippen molar-refractivity contribution >= 4 is 6.34 Å². The van der Waals surface area contributed by atoms with E-state index in [0.717, 1.165) is 0 Å². The monoisotopic (exact) mass is 154 g/mol. The Morgan fingerprint density at radius 2 is 2.18 bits per heavy atom. The number of hydrogen-bond donors (Lipinski definition) is 1. The van der Waals surface area contributed by atoms with Gasteiger partial charge in [0.05, 0.1) is 0 Å². The first-order valence-electron chi connectivity index (χ1n) is 4.54. The van der Waals surface area contributed by atoms with Gasteiger partial charge in [-0.3, -0.25) is 0 Å². The molecule has 2 nitrogen and oxygen atoms in total. The fourth-order valence-electron chi connectivity index (χ4n) is 1.24. The summed E-state index contributed by atoms with van der Waals surface area (Å²) in [4.78, 5) is 0. The second-order valence-electron chi connectivity index (χ2n) is 2.98. The first-order valence-corrected chi connectivity index (χ1v) is 4.54. The summed E-state index contributed by atoms with van der Waals surface area (Å²) in [5.74, 6) is 0. The zero-order valence-corrected chi connectivity index (χ0v) is 7.29. The smallest absolute Gasteiger partial charge is 0.234 e. The number of hydrogen-bond acceptors (Lipinski definition) is 0. The molecular formula is C9H18N2+2. The van der Waals surface area contributed by atoms with Gasteiger partial charge >= 0.3 is 6.34 Å². The Bertz CT molecular complexity index is 159. The lowest BCUT2D eigenvalue weighted by atomic mass is 10.2. The Kier molecular flexibility index (Phi) is 3.91. The van der Waals surface area contributed by atoms with Crippen LogP contribution in [0.4, 0.5) is 0 Å². The van der Waals surface area contributed by atoms with Crippen LogP contribution in [0.3, 0.4) is 0 Å². The van der Waals surface area contributed by atoms with Gasteiger partial charge in [0.15, 0.2) is 12.7 Å². The molecule has 2 heteroatoms. The first kappa shape index (κ1) is 8.47. The highest BCUT2D eigenvalue weighted by molar-refractivity contribution is 5.36. The standard InChI is InChI=1S/C9H16N2/c1-2-3-4-5-7-11-8-6-10-9-11/h6,8-9H,2-5,7H2,1H3/p+2. The quantitative estimate of drug-likeness (QED) is 0.443. The maximum atomic E-state index is 2.25. The average molecular weight is 154 g/mol. The van der Waals surface area contributed by atoms with Crippen molar-refractivity contribution in [3.63, 3.8) is 0 Å². The van der Waals surface area contributed by atoms with Gasteiger partial charge in [-0.05, 0) is 6.42 Å². The molecule has 0 saturated carbocycles. The summed E-state index contributed by atoms with van der Waals surface area (Å²) in [6, 6.07) is 0. The predicted molar refractivity (Wildman–Crippen MR) is 46.4 cm³/mol. The van der Waals surface area contributed by atoms with Gasteiger partial charge in [-0.15, -0.1) is 0 Å². The summed E-state index contributed by atoms with van der Waals surface area (Å²) in [6.45, 7) is 3.43. The maximum Gasteiger partial charge on any atom is 0.333 e. The zero-order valence-electron chi connectivity index (χ0n) is 7.29. The van der Waals surface area contributed by atoms with E-state index in [1.165, 1.54) is 32.2 Å². The van der Waals surface area contributed by atoms with E-state index in [2.05, 4.69) is 35.6 Å². The van der Waals surface area contributed by atoms with Crippen molar-refractivity contribution in [2.24, 2.45) is 0 Å². The molecule has 0 aliphatic carbocycles. The second kappa shape index (κ2) is 5.08. The van der Waals surface area contributed by atoms with Crippen LogP contribution in [-0.4, -0.2) is 17.5 Å². The molecule has 0 bridgehead atoms. The molecule has 1 heterocycles. The molecule has 1 aliphatic rings. The molecule has 1 aliphatic heterocycles. The lowest BCUT2D eigenvalue weighted by Crippen LogP contribution is -2.75. The highest BCUT2D eigenvalue weighted by atomic mass is 15.1. The normalized spacial score (nSPS) is 15.5. The lowest BCUT2D eigenvalue weighted by Gasteiger charge is -1.93. The van der Waals surface area contributed by atoms with Crippen molar-refractivity contribution in [1.29, 1.82) is 0 Å². The van der Waals surface area contributed by atoms with Crippen LogP contribution in [0.25, 0.3) is 0 Å². The summed E-state index contributed by atoms with van der Waals surface area (Å²) < 4.78 is 2.25. The molecule has 0 fully saturated rings. The molecule has 0 aromatic rings. The molecule has 0 spiro atoms. The molecule has 2 N–H and O–H groups in total. The molecular weight excluding hydrogens is 136 g/mol. The van der Waals surface area contributed by atoms with Crippen molar-refractivity contribution in [1.82, 2.24) is 0 Å². The zero-order chi connectivity index (χ0) is 7.94. The third-order valence-electron chi connectivity index (χ3n) is 1.94. The number of rotatable bonds is 5. The van der Waals surface area contributed by atoms with Gasteiger partial charge in [0.2, 0.25) is 6.20 Å². The first-order chi connectivity index (χ1) is 5.43. The van der Waals surface area contributed by atoms with Gasteiger partial charge in [-0.1, -0.05) is 19.8 Å². The molecule has 0 aromatic heterocycles. The van der Waals surface area contributed by atoms with Crippen LogP contribution in [0.1, 0.15) is 32.6 Å². The molecule has 62 valence electrons. The summed E-state index contributed by atoms with van der Waals surface area (Å²) in [5.41, 5.74) is 0. The molecule has 0 unspecified atom stereocenters. The molecule has 0 amide bonds. The van der Waals surface area contributed by atoms with E-state index in [1.54, 1.807) is 0 Å². The van der Waals surface area contributed by atoms with Crippen LogP contribution in [0, 0.1) is 0 Å². The third kappa shape index (κ3) is 3.33. The van der Waals surface area contributed by atoms with Crippen LogP contribution in [0.15, 0.2) is 12.4 Å². The van der Waals surface area contributed by atoms with E-state index in [9.17, 15) is 0 Å². The Hall–Kier alpha value is -0.630. The molecule has 0 atom stereocenters. The topological polar surface area (TPSA) is 19.6 Å². The summed E-state index contributed by atoms with van der Waals surface area (Å²) in [5, 5.41) is 2.08. The van der Waals surface area contributed by atoms with Gasteiger partial charge in [-0.2, -0.15) is 4.58 Å². The van der Waals surface area contributed by atoms with Crippen molar-refractivity contribution in [3.8, 4) is 0 Å². The lowest BCUT2D eigenvalue weighted by molar-refractivity contribution is -0.517. The fourth-order valence-corrected chi connectivity index (χ4v) is 1.24. The van der Waals surface area contributed by atoms with E-state index >= 15 is 0 Å². The van der Waals surface area contributed by atoms with Gasteiger partial charge in [-0.25, -0.2) is 5.32 Å². The largest absolute Gasteiger partial charge is 0.333 e. The Balaban J connectivity index is 1.99. The Morgan fingerprint density at radius 3 is 2.82 bits per heavy atom. The highest BCUT2D eigenvalue weighted by Crippen LogP contribution is 1.98. The SMILES string of the molecule is CCCCCC[N+]1=C[NH2+]C=C1. The van der Waals surface area contributed by atoms with E-state index in [-0.39, 0.29) is 0 Å². The minimum atomic E-state index is 1.19. The molecule has 1 rings (SSSR count). The van der Waals surface area contributed by atoms with Crippen molar-refractivity contribution in [2.75, 3.05) is 6.54 Å². The maximum absolute atomic E-state index is 2.25. The molecule has 0 aromatic carbocycles. The van der Waals surface area contributed by atoms with E-state index in [1.807, 2.05) is 0 Å². The van der Waals surface area contributed by atoms with Crippen molar-refractivity contribution in [3.05, 3.63) is 12.4 Å². The minimum Gasteiger partial charge on any atom is -0.234 e. The summed E-state index contributed by atoms with van der Waals surface area (Å²) >= 11 is 0. The van der Waals surface area contributed by atoms with Crippen LogP contribution in [0.2, 0.25) is 0 Å². The molecule has 0 saturated heterocycles. The Labute approximate surface area is 68.6 Å². The van der Waals surface area contributed by atoms with E-state index < -0.39 is 0 Å². The number of nitrogens with two attached hydrogens (primary N) is 1. The van der Waals surface area contributed by atoms with Gasteiger partial charge in [0, 0.05) is 6.42 Å². The predicted octanol–water partition coefficient (Wildman–Crippen LogP) is 0.656. The Morgan fingerprint density at radius 1 is 1.27 bits per heavy atom. The van der Waals surface area contributed by atoms with Crippen LogP contribution in [0.5, 0.6) is 0 Å². The fraction of sp³-hybridized carbons (Fsp3) is 0.667. The van der Waals surface area contributed by atoms with Crippen molar-refractivity contribution in [2.45, 2.75) is 32.6 Å². The number of unbranched alkanes of at least 4 members (excludes halogenated alkanes) is 3. The summed E-state index contributed by atoms with van der Waals surface area (Å²) in [6.07, 6.45) is 11.7. The van der Waals surface area contributed by atoms with Gasteiger partial charge in [0.1, 0.15) is 0 Å². The van der Waals surface area contributed by atoms with Crippen LogP contribution in [-0.2, 0) is 0 Å². The van der Waals surface area contributed by atoms with Gasteiger partial charge in [0.25, 0.3) is 0 Å². The second-order valence-corrected chi connectivity index (χ2v) is 2.98. The minimum absolute atomic E-state index is 1.19. The number of nitrogens with zero attached hydrogens (tertiary/aromatic N) is 1. The van der Waals surface area contributed by atoms with E-state index in [0.29, 0.717) is 0 Å². The van der Waals surface area contributed by atoms with E-state index in [4.69, 9.17) is 0 Å². The number of quaternary nitrogens is 1. The van der Waals surface area contributed by atoms with Crippen LogP contribution >= 0.6 is 0 Å².